The van der Waals surface area contributed by atoms with E-state index in [2.05, 4.69) is 40.0 Å². The van der Waals surface area contributed by atoms with E-state index in [0.29, 0.717) is 11.4 Å². The van der Waals surface area contributed by atoms with Gasteiger partial charge in [0.05, 0.1) is 10.6 Å². The molecule has 6 heteroatoms. The molecular formula is C20H21BrN2O2S. The van der Waals surface area contributed by atoms with Crippen molar-refractivity contribution in [2.24, 2.45) is 0 Å². The van der Waals surface area contributed by atoms with E-state index in [1.807, 2.05) is 18.2 Å². The predicted octanol–water partition coefficient (Wildman–Crippen LogP) is 4.00. The second-order valence-electron chi connectivity index (χ2n) is 6.90. The maximum absolute atomic E-state index is 13.2. The molecule has 0 N–H and O–H groups in total. The Balaban J connectivity index is 1.78. The van der Waals surface area contributed by atoms with Gasteiger partial charge in [-0.2, -0.15) is 0 Å². The van der Waals surface area contributed by atoms with Gasteiger partial charge in [-0.1, -0.05) is 45.8 Å². The number of nitrogens with zero attached hydrogens (tertiary/aromatic N) is 2. The van der Waals surface area contributed by atoms with Gasteiger partial charge in [-0.05, 0) is 49.4 Å². The number of hydrogen-bond acceptors (Lipinski definition) is 3. The normalized spacial score (nSPS) is 20.8. The molecule has 2 aromatic carbocycles. The lowest BCUT2D eigenvalue weighted by Crippen LogP contribution is -2.31. The molecule has 26 heavy (non-hydrogen) atoms. The van der Waals surface area contributed by atoms with Gasteiger partial charge in [-0.15, -0.1) is 0 Å². The Labute approximate surface area is 163 Å². The molecule has 0 radical (unpaired) electrons. The van der Waals surface area contributed by atoms with Crippen LogP contribution >= 0.6 is 15.9 Å². The predicted molar refractivity (Wildman–Crippen MR) is 108 cm³/mol. The quantitative estimate of drug-likeness (QED) is 0.687. The minimum absolute atomic E-state index is 0.120. The van der Waals surface area contributed by atoms with Crippen LogP contribution in [0.4, 0.5) is 5.69 Å². The van der Waals surface area contributed by atoms with Gasteiger partial charge in [0, 0.05) is 30.0 Å². The first-order valence-corrected chi connectivity index (χ1v) is 10.9. The first-order valence-electron chi connectivity index (χ1n) is 8.71. The Morgan fingerprint density at radius 3 is 2.58 bits per heavy atom. The van der Waals surface area contributed by atoms with Crippen molar-refractivity contribution in [1.29, 1.82) is 0 Å². The summed E-state index contributed by atoms with van der Waals surface area (Å²) in [4.78, 5) is 2.62. The van der Waals surface area contributed by atoms with Crippen molar-refractivity contribution in [3.05, 3.63) is 70.2 Å². The molecule has 0 saturated carbocycles. The van der Waals surface area contributed by atoms with Crippen LogP contribution in [0.3, 0.4) is 0 Å². The van der Waals surface area contributed by atoms with Crippen LogP contribution < -0.4 is 4.31 Å². The van der Waals surface area contributed by atoms with E-state index in [1.165, 1.54) is 5.57 Å². The molecule has 1 atom stereocenters. The van der Waals surface area contributed by atoms with Gasteiger partial charge < -0.3 is 4.90 Å². The molecule has 2 aliphatic rings. The second-order valence-corrected chi connectivity index (χ2v) is 9.67. The van der Waals surface area contributed by atoms with Crippen molar-refractivity contribution in [3.63, 3.8) is 0 Å². The highest BCUT2D eigenvalue weighted by atomic mass is 79.9. The average molecular weight is 433 g/mol. The highest BCUT2D eigenvalue weighted by Gasteiger charge is 2.38. The van der Waals surface area contributed by atoms with E-state index >= 15 is 0 Å². The number of hydrogen-bond donors (Lipinski definition) is 0. The summed E-state index contributed by atoms with van der Waals surface area (Å²) in [7, 11) is -1.46. The first-order chi connectivity index (χ1) is 12.5. The second kappa shape index (κ2) is 6.83. The maximum atomic E-state index is 13.2. The summed E-state index contributed by atoms with van der Waals surface area (Å²) in [6.07, 6.45) is 3.24. The van der Waals surface area contributed by atoms with Crippen molar-refractivity contribution < 1.29 is 8.42 Å². The first kappa shape index (κ1) is 17.8. The number of halogens is 1. The molecule has 2 heterocycles. The van der Waals surface area contributed by atoms with Crippen LogP contribution in [0.2, 0.25) is 0 Å². The van der Waals surface area contributed by atoms with Crippen molar-refractivity contribution in [2.75, 3.05) is 31.0 Å². The Kier molecular flexibility index (Phi) is 4.67. The Hall–Kier alpha value is -1.63. The molecule has 4 rings (SSSR count). The van der Waals surface area contributed by atoms with E-state index in [4.69, 9.17) is 0 Å². The van der Waals surface area contributed by atoms with Crippen molar-refractivity contribution in [3.8, 4) is 0 Å². The fourth-order valence-electron chi connectivity index (χ4n) is 3.76. The van der Waals surface area contributed by atoms with Crippen LogP contribution in [0.25, 0.3) is 0 Å². The van der Waals surface area contributed by atoms with Gasteiger partial charge >= 0.3 is 0 Å². The van der Waals surface area contributed by atoms with Gasteiger partial charge in [-0.25, -0.2) is 8.42 Å². The Morgan fingerprint density at radius 1 is 1.12 bits per heavy atom. The number of benzene rings is 2. The largest absolute Gasteiger partial charge is 0.302 e. The lowest BCUT2D eigenvalue weighted by Gasteiger charge is -2.26. The standard InChI is InChI=1S/C20H21BrN2O2S/c1-22-11-9-15(10-12-22)19-14-23(20-8-7-16(21)13-18(19)20)26(24,25)17-5-3-2-4-6-17/h2-9,13,19H,10-12,14H2,1H3. The van der Waals surface area contributed by atoms with Crippen LogP contribution in [0, 0.1) is 0 Å². The van der Waals surface area contributed by atoms with Crippen molar-refractivity contribution in [2.45, 2.75) is 17.2 Å². The highest BCUT2D eigenvalue weighted by Crippen LogP contribution is 2.45. The number of sulfonamides is 1. The average Bonchev–Trinajstić information content (AvgIpc) is 3.02. The zero-order valence-electron chi connectivity index (χ0n) is 14.6. The lowest BCUT2D eigenvalue weighted by molar-refractivity contribution is 0.354. The fourth-order valence-corrected chi connectivity index (χ4v) is 5.67. The smallest absolute Gasteiger partial charge is 0.264 e. The molecular weight excluding hydrogens is 412 g/mol. The van der Waals surface area contributed by atoms with Crippen LogP contribution in [0.15, 0.2) is 69.5 Å². The summed E-state index contributed by atoms with van der Waals surface area (Å²) in [6.45, 7) is 2.40. The number of rotatable bonds is 3. The molecule has 0 saturated heterocycles. The summed E-state index contributed by atoms with van der Waals surface area (Å²) in [5.74, 6) is 0.120. The van der Waals surface area contributed by atoms with Crippen LogP contribution in [-0.4, -0.2) is 40.0 Å². The lowest BCUT2D eigenvalue weighted by atomic mass is 9.89. The SMILES string of the molecule is CN1CC=C(C2CN(S(=O)(=O)c3ccccc3)c3ccc(Br)cc32)CC1. The zero-order chi connectivity index (χ0) is 18.3. The summed E-state index contributed by atoms with van der Waals surface area (Å²) in [6, 6.07) is 14.6. The molecule has 2 aliphatic heterocycles. The summed E-state index contributed by atoms with van der Waals surface area (Å²) in [5, 5.41) is 0. The third-order valence-electron chi connectivity index (χ3n) is 5.21. The third-order valence-corrected chi connectivity index (χ3v) is 7.50. The van der Waals surface area contributed by atoms with E-state index in [-0.39, 0.29) is 5.92 Å². The molecule has 0 aliphatic carbocycles. The van der Waals surface area contributed by atoms with Gasteiger partial charge in [0.2, 0.25) is 0 Å². The van der Waals surface area contributed by atoms with E-state index < -0.39 is 10.0 Å². The minimum atomic E-state index is -3.57. The summed E-state index contributed by atoms with van der Waals surface area (Å²) >= 11 is 3.55. The van der Waals surface area contributed by atoms with Gasteiger partial charge in [-0.3, -0.25) is 4.31 Å². The van der Waals surface area contributed by atoms with Gasteiger partial charge in [0.25, 0.3) is 10.0 Å². The summed E-state index contributed by atoms with van der Waals surface area (Å²) < 4.78 is 29.1. The monoisotopic (exact) mass is 432 g/mol. The molecule has 0 amide bonds. The zero-order valence-corrected chi connectivity index (χ0v) is 17.0. The summed E-state index contributed by atoms with van der Waals surface area (Å²) in [5.41, 5.74) is 3.23. The third kappa shape index (κ3) is 3.10. The minimum Gasteiger partial charge on any atom is -0.302 e. The van der Waals surface area contributed by atoms with Crippen LogP contribution in [0.5, 0.6) is 0 Å². The Morgan fingerprint density at radius 2 is 1.88 bits per heavy atom. The molecule has 2 aromatic rings. The molecule has 4 nitrogen and oxygen atoms in total. The van der Waals surface area contributed by atoms with Gasteiger partial charge in [0.1, 0.15) is 0 Å². The highest BCUT2D eigenvalue weighted by molar-refractivity contribution is 9.10. The van der Waals surface area contributed by atoms with E-state index in [1.54, 1.807) is 28.6 Å². The topological polar surface area (TPSA) is 40.6 Å². The number of fused-ring (bicyclic) bond motifs is 1. The molecule has 136 valence electrons. The fraction of sp³-hybridized carbons (Fsp3) is 0.300. The number of likely N-dealkylation sites (N-methyl/N-ethyl adjacent to an activating group) is 1. The van der Waals surface area contributed by atoms with Crippen LogP contribution in [-0.2, 0) is 10.0 Å². The maximum Gasteiger partial charge on any atom is 0.264 e. The van der Waals surface area contributed by atoms with Crippen LogP contribution in [0.1, 0.15) is 17.9 Å². The van der Waals surface area contributed by atoms with E-state index in [9.17, 15) is 8.42 Å². The van der Waals surface area contributed by atoms with Crippen molar-refractivity contribution >= 4 is 31.6 Å². The van der Waals surface area contributed by atoms with E-state index in [0.717, 1.165) is 35.2 Å². The molecule has 0 bridgehead atoms. The van der Waals surface area contributed by atoms with Gasteiger partial charge in [0.15, 0.2) is 0 Å². The molecule has 0 spiro atoms. The van der Waals surface area contributed by atoms with Crippen molar-refractivity contribution in [1.82, 2.24) is 4.90 Å². The molecule has 0 aromatic heterocycles. The number of anilines is 1. The molecule has 0 fully saturated rings. The molecule has 1 unspecified atom stereocenters. The Bertz CT molecular complexity index is 957.